The van der Waals surface area contributed by atoms with Gasteiger partial charge in [0.1, 0.15) is 0 Å². The normalized spacial score (nSPS) is 11.2. The number of rotatable bonds is 6. The van der Waals surface area contributed by atoms with Crippen molar-refractivity contribution in [3.8, 4) is 5.88 Å². The lowest BCUT2D eigenvalue weighted by Crippen LogP contribution is -2.22. The van der Waals surface area contributed by atoms with Crippen molar-refractivity contribution in [1.82, 2.24) is 9.71 Å². The van der Waals surface area contributed by atoms with Crippen LogP contribution in [0.4, 0.5) is 0 Å². The summed E-state index contributed by atoms with van der Waals surface area (Å²) in [5.41, 5.74) is 0.683. The first-order valence-electron chi connectivity index (χ1n) is 5.59. The van der Waals surface area contributed by atoms with E-state index in [9.17, 15) is 13.2 Å². The van der Waals surface area contributed by atoms with Crippen LogP contribution >= 0.6 is 0 Å². The van der Waals surface area contributed by atoms with Gasteiger partial charge in [-0.25, -0.2) is 18.1 Å². The van der Waals surface area contributed by atoms with E-state index in [1.54, 1.807) is 12.1 Å². The molecule has 7 nitrogen and oxygen atoms in total. The Bertz CT molecular complexity index is 708. The molecule has 1 N–H and O–H groups in total. The van der Waals surface area contributed by atoms with Crippen LogP contribution in [0, 0.1) is 0 Å². The molecule has 0 atom stereocenters. The largest absolute Gasteiger partial charge is 0.481 e. The lowest BCUT2D eigenvalue weighted by Gasteiger charge is -2.05. The van der Waals surface area contributed by atoms with Crippen LogP contribution in [0.15, 0.2) is 40.0 Å². The zero-order valence-electron chi connectivity index (χ0n) is 10.6. The fraction of sp³-hybridized carbons (Fsp3) is 0.167. The van der Waals surface area contributed by atoms with Crippen LogP contribution in [0.1, 0.15) is 16.1 Å². The number of sulfonamides is 1. The number of aromatic nitrogens is 1. The van der Waals surface area contributed by atoms with Crippen LogP contribution < -0.4 is 9.46 Å². The fourth-order valence-corrected chi connectivity index (χ4v) is 2.42. The summed E-state index contributed by atoms with van der Waals surface area (Å²) >= 11 is 0. The van der Waals surface area contributed by atoms with Gasteiger partial charge in [-0.15, -0.1) is 0 Å². The molecule has 0 saturated heterocycles. The van der Waals surface area contributed by atoms with Gasteiger partial charge in [-0.1, -0.05) is 0 Å². The first-order valence-corrected chi connectivity index (χ1v) is 7.07. The molecule has 2 aromatic rings. The molecule has 8 heteroatoms. The molecule has 2 heterocycles. The molecule has 0 aliphatic carbocycles. The average Bonchev–Trinajstić information content (AvgIpc) is 2.95. The van der Waals surface area contributed by atoms with Crippen molar-refractivity contribution in [2.45, 2.75) is 11.6 Å². The summed E-state index contributed by atoms with van der Waals surface area (Å²) in [5, 5.41) is -0.305. The Hall–Kier alpha value is -2.19. The Morgan fingerprint density at radius 3 is 2.85 bits per heavy atom. The molecule has 0 spiro atoms. The Kier molecular flexibility index (Phi) is 4.16. The minimum Gasteiger partial charge on any atom is -0.481 e. The summed E-state index contributed by atoms with van der Waals surface area (Å²) in [4.78, 5) is 14.4. The van der Waals surface area contributed by atoms with Gasteiger partial charge < -0.3 is 9.15 Å². The highest BCUT2D eigenvalue weighted by Gasteiger charge is 2.18. The third-order valence-electron chi connectivity index (χ3n) is 2.46. The lowest BCUT2D eigenvalue weighted by molar-refractivity contribution is 0.109. The SMILES string of the molecule is COc1cc(CNS(=O)(=O)c2ccc(C=O)o2)ccn1. The maximum absolute atomic E-state index is 11.9. The molecule has 0 saturated carbocycles. The third kappa shape index (κ3) is 3.22. The second-order valence-electron chi connectivity index (χ2n) is 3.81. The van der Waals surface area contributed by atoms with Gasteiger partial charge in [0, 0.05) is 18.8 Å². The number of ether oxygens (including phenoxy) is 1. The van der Waals surface area contributed by atoms with Gasteiger partial charge in [-0.05, 0) is 23.8 Å². The standard InChI is InChI=1S/C12H12N2O5S/c1-18-11-6-9(4-5-13-11)7-14-20(16,17)12-3-2-10(8-15)19-12/h2-6,8,14H,7H2,1H3. The zero-order valence-corrected chi connectivity index (χ0v) is 11.4. The molecule has 0 aliphatic rings. The Labute approximate surface area is 115 Å². The highest BCUT2D eigenvalue weighted by atomic mass is 32.2. The molecule has 0 bridgehead atoms. The molecular formula is C12H12N2O5S. The monoisotopic (exact) mass is 296 g/mol. The van der Waals surface area contributed by atoms with E-state index in [2.05, 4.69) is 9.71 Å². The van der Waals surface area contributed by atoms with Crippen molar-refractivity contribution < 1.29 is 22.4 Å². The summed E-state index contributed by atoms with van der Waals surface area (Å²) < 4.78 is 36.0. The Balaban J connectivity index is 2.10. The minimum absolute atomic E-state index is 0.0454. The van der Waals surface area contributed by atoms with Crippen molar-refractivity contribution in [3.63, 3.8) is 0 Å². The van der Waals surface area contributed by atoms with Gasteiger partial charge >= 0.3 is 0 Å². The van der Waals surface area contributed by atoms with Crippen molar-refractivity contribution >= 4 is 16.3 Å². The van der Waals surface area contributed by atoms with Crippen LogP contribution in [0.2, 0.25) is 0 Å². The fourth-order valence-electron chi connectivity index (χ4n) is 1.46. The zero-order chi connectivity index (χ0) is 14.6. The van der Waals surface area contributed by atoms with Crippen molar-refractivity contribution in [1.29, 1.82) is 0 Å². The molecule has 0 unspecified atom stereocenters. The number of carbonyl (C=O) groups excluding carboxylic acids is 1. The second-order valence-corrected chi connectivity index (χ2v) is 5.50. The number of nitrogens with zero attached hydrogens (tertiary/aromatic N) is 1. The number of furan rings is 1. The first-order chi connectivity index (χ1) is 9.55. The maximum atomic E-state index is 11.9. The number of pyridine rings is 1. The molecule has 0 aromatic carbocycles. The van der Waals surface area contributed by atoms with Gasteiger partial charge in [-0.2, -0.15) is 0 Å². The van der Waals surface area contributed by atoms with Crippen molar-refractivity contribution in [3.05, 3.63) is 41.8 Å². The number of methoxy groups -OCH3 is 1. The molecular weight excluding hydrogens is 284 g/mol. The van der Waals surface area contributed by atoms with Crippen molar-refractivity contribution in [2.24, 2.45) is 0 Å². The highest BCUT2D eigenvalue weighted by molar-refractivity contribution is 7.89. The van der Waals surface area contributed by atoms with E-state index in [-0.39, 0.29) is 17.4 Å². The van der Waals surface area contributed by atoms with Crippen molar-refractivity contribution in [2.75, 3.05) is 7.11 Å². The van der Waals surface area contributed by atoms with Gasteiger partial charge in [0.15, 0.2) is 12.0 Å². The molecule has 2 aromatic heterocycles. The number of hydrogen-bond acceptors (Lipinski definition) is 6. The molecule has 0 amide bonds. The minimum atomic E-state index is -3.80. The molecule has 20 heavy (non-hydrogen) atoms. The number of carbonyl (C=O) groups is 1. The molecule has 0 aliphatic heterocycles. The number of hydrogen-bond donors (Lipinski definition) is 1. The van der Waals surface area contributed by atoms with E-state index in [1.807, 2.05) is 0 Å². The highest BCUT2D eigenvalue weighted by Crippen LogP contribution is 2.14. The van der Waals surface area contributed by atoms with Crippen LogP contribution in [0.5, 0.6) is 5.88 Å². The summed E-state index contributed by atoms with van der Waals surface area (Å²) in [5.74, 6) is 0.346. The van der Waals surface area contributed by atoms with Gasteiger partial charge in [0.25, 0.3) is 10.0 Å². The van der Waals surface area contributed by atoms with E-state index < -0.39 is 10.0 Å². The van der Waals surface area contributed by atoms with E-state index in [1.165, 1.54) is 25.4 Å². The number of nitrogens with one attached hydrogen (secondary N) is 1. The van der Waals surface area contributed by atoms with Crippen LogP contribution in [-0.2, 0) is 16.6 Å². The third-order valence-corrected chi connectivity index (χ3v) is 3.73. The summed E-state index contributed by atoms with van der Waals surface area (Å²) in [7, 11) is -2.33. The molecule has 0 radical (unpaired) electrons. The molecule has 2 rings (SSSR count). The Morgan fingerprint density at radius 1 is 1.40 bits per heavy atom. The van der Waals surface area contributed by atoms with E-state index in [0.717, 1.165) is 0 Å². The second kappa shape index (κ2) is 5.85. The van der Waals surface area contributed by atoms with E-state index >= 15 is 0 Å². The quantitative estimate of drug-likeness (QED) is 0.798. The smallest absolute Gasteiger partial charge is 0.274 e. The predicted molar refractivity (Wildman–Crippen MR) is 68.9 cm³/mol. The lowest BCUT2D eigenvalue weighted by atomic mass is 10.3. The van der Waals surface area contributed by atoms with E-state index in [0.29, 0.717) is 17.7 Å². The molecule has 106 valence electrons. The van der Waals surface area contributed by atoms with Gasteiger partial charge in [-0.3, -0.25) is 4.79 Å². The number of aldehydes is 1. The van der Waals surface area contributed by atoms with Gasteiger partial charge in [0.2, 0.25) is 11.0 Å². The summed E-state index contributed by atoms with van der Waals surface area (Å²) in [6.07, 6.45) is 1.95. The summed E-state index contributed by atoms with van der Waals surface area (Å²) in [6, 6.07) is 5.78. The van der Waals surface area contributed by atoms with Crippen LogP contribution in [0.25, 0.3) is 0 Å². The predicted octanol–water partition coefficient (Wildman–Crippen LogP) is 0.974. The van der Waals surface area contributed by atoms with Crippen LogP contribution in [-0.4, -0.2) is 26.8 Å². The average molecular weight is 296 g/mol. The maximum Gasteiger partial charge on any atom is 0.274 e. The summed E-state index contributed by atoms with van der Waals surface area (Å²) in [6.45, 7) is 0.0539. The topological polar surface area (TPSA) is 98.5 Å². The Morgan fingerprint density at radius 2 is 2.20 bits per heavy atom. The first kappa shape index (κ1) is 14.2. The van der Waals surface area contributed by atoms with Gasteiger partial charge in [0.05, 0.1) is 7.11 Å². The van der Waals surface area contributed by atoms with Crippen LogP contribution in [0.3, 0.4) is 0 Å². The van der Waals surface area contributed by atoms with E-state index in [4.69, 9.17) is 9.15 Å². The molecule has 0 fully saturated rings.